The first-order chi connectivity index (χ1) is 8.49. The van der Waals surface area contributed by atoms with Crippen LogP contribution >= 0.6 is 15.9 Å². The molecule has 0 aliphatic rings. The first-order valence-electron chi connectivity index (χ1n) is 5.79. The van der Waals surface area contributed by atoms with E-state index in [2.05, 4.69) is 21.2 Å². The molecular formula is C12H16BrFN2O2. The van der Waals surface area contributed by atoms with Crippen LogP contribution in [0.15, 0.2) is 16.6 Å². The Morgan fingerprint density at radius 1 is 1.56 bits per heavy atom. The van der Waals surface area contributed by atoms with Crippen molar-refractivity contribution in [2.45, 2.75) is 32.2 Å². The van der Waals surface area contributed by atoms with Crippen LogP contribution in [0.25, 0.3) is 0 Å². The van der Waals surface area contributed by atoms with Crippen molar-refractivity contribution >= 4 is 21.6 Å². The summed E-state index contributed by atoms with van der Waals surface area (Å²) in [7, 11) is 1.81. The van der Waals surface area contributed by atoms with E-state index in [4.69, 9.17) is 0 Å². The quantitative estimate of drug-likeness (QED) is 0.645. The fraction of sp³-hybridized carbons (Fsp3) is 0.500. The average molecular weight is 319 g/mol. The fourth-order valence-corrected chi connectivity index (χ4v) is 2.20. The van der Waals surface area contributed by atoms with Gasteiger partial charge in [0.25, 0.3) is 5.69 Å². The summed E-state index contributed by atoms with van der Waals surface area (Å²) in [5.41, 5.74) is 0.383. The molecule has 0 aliphatic carbocycles. The van der Waals surface area contributed by atoms with Gasteiger partial charge in [-0.2, -0.15) is 0 Å². The van der Waals surface area contributed by atoms with Gasteiger partial charge < -0.3 is 5.32 Å². The normalized spacial score (nSPS) is 12.4. The van der Waals surface area contributed by atoms with E-state index in [1.165, 1.54) is 12.1 Å². The van der Waals surface area contributed by atoms with Gasteiger partial charge in [0.1, 0.15) is 5.82 Å². The molecule has 0 aromatic heterocycles. The average Bonchev–Trinajstić information content (AvgIpc) is 2.32. The molecule has 6 heteroatoms. The lowest BCUT2D eigenvalue weighted by Gasteiger charge is -2.15. The third-order valence-corrected chi connectivity index (χ3v) is 3.44. The Balaban J connectivity index is 3.06. The summed E-state index contributed by atoms with van der Waals surface area (Å²) in [5.74, 6) is -0.470. The molecule has 0 amide bonds. The van der Waals surface area contributed by atoms with Gasteiger partial charge in [0.15, 0.2) is 0 Å². The zero-order valence-electron chi connectivity index (χ0n) is 10.4. The maximum Gasteiger partial charge on any atom is 0.273 e. The van der Waals surface area contributed by atoms with Crippen LogP contribution in [0.1, 0.15) is 25.3 Å². The van der Waals surface area contributed by atoms with Gasteiger partial charge in [0.05, 0.1) is 9.40 Å². The molecule has 1 aromatic carbocycles. The van der Waals surface area contributed by atoms with Crippen LogP contribution in [0, 0.1) is 15.9 Å². The van der Waals surface area contributed by atoms with E-state index >= 15 is 0 Å². The highest BCUT2D eigenvalue weighted by Gasteiger charge is 2.19. The molecule has 4 nitrogen and oxygen atoms in total. The van der Waals surface area contributed by atoms with Crippen molar-refractivity contribution in [2.24, 2.45) is 0 Å². The van der Waals surface area contributed by atoms with Gasteiger partial charge in [-0.1, -0.05) is 13.3 Å². The molecule has 1 rings (SSSR count). The summed E-state index contributed by atoms with van der Waals surface area (Å²) < 4.78 is 13.6. The second-order valence-electron chi connectivity index (χ2n) is 4.13. The Kier molecular flexibility index (Phi) is 5.68. The van der Waals surface area contributed by atoms with E-state index in [1.54, 1.807) is 7.05 Å². The molecule has 18 heavy (non-hydrogen) atoms. The molecule has 0 spiro atoms. The molecule has 0 saturated carbocycles. The predicted octanol–water partition coefficient (Wildman–Crippen LogP) is 3.43. The highest BCUT2D eigenvalue weighted by Crippen LogP contribution is 2.27. The van der Waals surface area contributed by atoms with Crippen LogP contribution in [0.5, 0.6) is 0 Å². The molecule has 1 atom stereocenters. The predicted molar refractivity (Wildman–Crippen MR) is 72.2 cm³/mol. The van der Waals surface area contributed by atoms with Crippen LogP contribution < -0.4 is 5.32 Å². The number of nitro benzene ring substituents is 1. The standard InChI is InChI=1S/C12H16BrFN2O2/c1-3-4-9(15-2)5-8-6-11(14)10(13)7-12(8)16(17)18/h6-7,9,15H,3-5H2,1-2H3. The lowest BCUT2D eigenvalue weighted by atomic mass is 10.0. The molecule has 1 N–H and O–H groups in total. The van der Waals surface area contributed by atoms with Crippen molar-refractivity contribution in [1.82, 2.24) is 5.32 Å². The minimum absolute atomic E-state index is 0.0420. The van der Waals surface area contributed by atoms with E-state index in [9.17, 15) is 14.5 Å². The van der Waals surface area contributed by atoms with Crippen molar-refractivity contribution in [3.05, 3.63) is 38.1 Å². The minimum atomic E-state index is -0.474. The zero-order chi connectivity index (χ0) is 13.7. The SMILES string of the molecule is CCCC(Cc1cc(F)c(Br)cc1[N+](=O)[O-])NC. The minimum Gasteiger partial charge on any atom is -0.317 e. The Bertz CT molecular complexity index is 440. The Morgan fingerprint density at radius 2 is 2.22 bits per heavy atom. The maximum atomic E-state index is 13.5. The fourth-order valence-electron chi connectivity index (χ4n) is 1.87. The van der Waals surface area contributed by atoms with Gasteiger partial charge in [-0.05, 0) is 41.9 Å². The Morgan fingerprint density at radius 3 is 2.72 bits per heavy atom. The second kappa shape index (κ2) is 6.80. The molecule has 100 valence electrons. The molecule has 0 bridgehead atoms. The van der Waals surface area contributed by atoms with Gasteiger partial charge >= 0.3 is 0 Å². The highest BCUT2D eigenvalue weighted by molar-refractivity contribution is 9.10. The topological polar surface area (TPSA) is 55.2 Å². The highest BCUT2D eigenvalue weighted by atomic mass is 79.9. The smallest absolute Gasteiger partial charge is 0.273 e. The van der Waals surface area contributed by atoms with Gasteiger partial charge in [-0.3, -0.25) is 10.1 Å². The molecule has 1 unspecified atom stereocenters. The second-order valence-corrected chi connectivity index (χ2v) is 4.98. The van der Waals surface area contributed by atoms with E-state index in [-0.39, 0.29) is 16.2 Å². The maximum absolute atomic E-state index is 13.5. The molecule has 0 fully saturated rings. The van der Waals surface area contributed by atoms with Crippen LogP contribution in [0.2, 0.25) is 0 Å². The van der Waals surface area contributed by atoms with E-state index in [0.717, 1.165) is 12.8 Å². The summed E-state index contributed by atoms with van der Waals surface area (Å²) in [6.07, 6.45) is 2.31. The van der Waals surface area contributed by atoms with Crippen LogP contribution in [0.3, 0.4) is 0 Å². The van der Waals surface area contributed by atoms with E-state index in [1.807, 2.05) is 6.92 Å². The number of nitrogens with one attached hydrogen (secondary N) is 1. The molecule has 1 aromatic rings. The van der Waals surface area contributed by atoms with Crippen molar-refractivity contribution in [2.75, 3.05) is 7.05 Å². The van der Waals surface area contributed by atoms with Gasteiger partial charge in [-0.25, -0.2) is 4.39 Å². The van der Waals surface area contributed by atoms with Crippen molar-refractivity contribution in [3.63, 3.8) is 0 Å². The summed E-state index contributed by atoms with van der Waals surface area (Å²) in [5, 5.41) is 14.0. The molecule has 0 radical (unpaired) electrons. The number of benzene rings is 1. The van der Waals surface area contributed by atoms with Gasteiger partial charge in [0, 0.05) is 17.7 Å². The van der Waals surface area contributed by atoms with Crippen molar-refractivity contribution in [3.8, 4) is 0 Å². The number of halogens is 2. The lowest BCUT2D eigenvalue weighted by molar-refractivity contribution is -0.385. The van der Waals surface area contributed by atoms with E-state index in [0.29, 0.717) is 12.0 Å². The van der Waals surface area contributed by atoms with E-state index < -0.39 is 10.7 Å². The number of nitro groups is 1. The Hall–Kier alpha value is -1.01. The zero-order valence-corrected chi connectivity index (χ0v) is 12.0. The third-order valence-electron chi connectivity index (χ3n) is 2.83. The first-order valence-corrected chi connectivity index (χ1v) is 6.58. The van der Waals surface area contributed by atoms with Crippen molar-refractivity contribution < 1.29 is 9.31 Å². The third kappa shape index (κ3) is 3.74. The monoisotopic (exact) mass is 318 g/mol. The molecule has 0 saturated heterocycles. The number of hydrogen-bond donors (Lipinski definition) is 1. The number of likely N-dealkylation sites (N-methyl/N-ethyl adjacent to an activating group) is 1. The van der Waals surface area contributed by atoms with Crippen LogP contribution in [-0.2, 0) is 6.42 Å². The number of nitrogens with zero attached hydrogens (tertiary/aromatic N) is 1. The summed E-state index contributed by atoms with van der Waals surface area (Å²) >= 11 is 2.97. The number of hydrogen-bond acceptors (Lipinski definition) is 3. The summed E-state index contributed by atoms with van der Waals surface area (Å²) in [4.78, 5) is 10.5. The molecule has 0 heterocycles. The first kappa shape index (κ1) is 15.0. The van der Waals surface area contributed by atoms with Crippen molar-refractivity contribution in [1.29, 1.82) is 0 Å². The Labute approximate surface area is 114 Å². The van der Waals surface area contributed by atoms with Crippen LogP contribution in [-0.4, -0.2) is 18.0 Å². The van der Waals surface area contributed by atoms with Crippen LogP contribution in [0.4, 0.5) is 10.1 Å². The lowest BCUT2D eigenvalue weighted by Crippen LogP contribution is -2.27. The van der Waals surface area contributed by atoms with Gasteiger partial charge in [0.2, 0.25) is 0 Å². The molecule has 0 aliphatic heterocycles. The number of rotatable bonds is 6. The summed E-state index contributed by atoms with van der Waals surface area (Å²) in [6, 6.07) is 2.58. The molecular weight excluding hydrogens is 303 g/mol. The summed E-state index contributed by atoms with van der Waals surface area (Å²) in [6.45, 7) is 2.04. The van der Waals surface area contributed by atoms with Gasteiger partial charge in [-0.15, -0.1) is 0 Å². The largest absolute Gasteiger partial charge is 0.317 e.